The highest BCUT2D eigenvalue weighted by Gasteiger charge is 2.52. The average Bonchev–Trinajstić information content (AvgIpc) is 2.93. The fraction of sp³-hybridized carbons (Fsp3) is 0.960. The first kappa shape index (κ1) is 36.6. The van der Waals surface area contributed by atoms with E-state index in [1.165, 1.54) is 6.92 Å². The van der Waals surface area contributed by atoms with E-state index in [0.29, 0.717) is 6.04 Å². The van der Waals surface area contributed by atoms with Crippen molar-refractivity contribution in [3.05, 3.63) is 0 Å². The second-order valence-electron chi connectivity index (χ2n) is 12.2. The van der Waals surface area contributed by atoms with Gasteiger partial charge in [0.2, 0.25) is 0 Å². The molecule has 0 amide bonds. The van der Waals surface area contributed by atoms with E-state index in [0.717, 1.165) is 0 Å². The molecule has 3 aliphatic rings. The highest BCUT2D eigenvalue weighted by molar-refractivity contribution is 6.76. The van der Waals surface area contributed by atoms with E-state index in [2.05, 4.69) is 19.6 Å². The lowest BCUT2D eigenvalue weighted by Crippen LogP contribution is -2.65. The summed E-state index contributed by atoms with van der Waals surface area (Å²) in [4.78, 5) is 11.0. The summed E-state index contributed by atoms with van der Waals surface area (Å²) in [5.74, 6) is -1.39. The third-order valence-corrected chi connectivity index (χ3v) is 9.22. The van der Waals surface area contributed by atoms with Gasteiger partial charge in [0, 0.05) is 14.7 Å². The molecule has 17 nitrogen and oxygen atoms in total. The molecule has 0 aromatic carbocycles. The van der Waals surface area contributed by atoms with Gasteiger partial charge in [0.1, 0.15) is 73.8 Å². The summed E-state index contributed by atoms with van der Waals surface area (Å²) in [6.45, 7) is 5.86. The number of carbonyl (C=O) groups is 1. The fourth-order valence-corrected chi connectivity index (χ4v) is 5.58. The first-order valence-corrected chi connectivity index (χ1v) is 17.8. The molecule has 3 heterocycles. The van der Waals surface area contributed by atoms with E-state index in [-0.39, 0.29) is 6.61 Å². The minimum Gasteiger partial charge on any atom is -0.480 e. The van der Waals surface area contributed by atoms with Crippen LogP contribution in [0.4, 0.5) is 0 Å². The number of aliphatic hydroxyl groups is 8. The van der Waals surface area contributed by atoms with Crippen molar-refractivity contribution in [3.63, 3.8) is 0 Å². The van der Waals surface area contributed by atoms with Crippen LogP contribution in [0.5, 0.6) is 0 Å². The number of aliphatic hydroxyl groups excluding tert-OH is 8. The predicted octanol–water partition coefficient (Wildman–Crippen LogP) is -4.07. The number of carboxylic acids is 1. The molecule has 252 valence electrons. The average molecular weight is 647 g/mol. The molecule has 0 radical (unpaired) electrons. The van der Waals surface area contributed by atoms with E-state index in [1.54, 1.807) is 0 Å². The lowest BCUT2D eigenvalue weighted by molar-refractivity contribution is -0.367. The molecule has 0 saturated carbocycles. The quantitative estimate of drug-likeness (QED) is 0.0861. The summed E-state index contributed by atoms with van der Waals surface area (Å²) in [6, 6.07) is 0.710. The molecular weight excluding hydrogens is 600 g/mol. The van der Waals surface area contributed by atoms with Crippen LogP contribution >= 0.6 is 0 Å². The van der Waals surface area contributed by atoms with Gasteiger partial charge in [0.25, 0.3) is 0 Å². The number of hydrogen-bond acceptors (Lipinski definition) is 16. The van der Waals surface area contributed by atoms with Crippen molar-refractivity contribution in [1.29, 1.82) is 0 Å². The van der Waals surface area contributed by atoms with Crippen molar-refractivity contribution in [3.8, 4) is 0 Å². The molecule has 3 fully saturated rings. The Morgan fingerprint density at radius 2 is 1.30 bits per heavy atom. The molecule has 0 bridgehead atoms. The van der Waals surface area contributed by atoms with Gasteiger partial charge >= 0.3 is 5.97 Å². The summed E-state index contributed by atoms with van der Waals surface area (Å²) in [5, 5.41) is 92.3. The molecule has 0 aromatic heterocycles. The van der Waals surface area contributed by atoms with Crippen LogP contribution in [0, 0.1) is 0 Å². The van der Waals surface area contributed by atoms with Crippen LogP contribution in [-0.4, -0.2) is 179 Å². The summed E-state index contributed by atoms with van der Waals surface area (Å²) in [7, 11) is -1.55. The van der Waals surface area contributed by atoms with Crippen LogP contribution in [0.1, 0.15) is 6.92 Å². The standard InChI is InChI=1S/C25H46O17Si/c1-10-14(29)16(31)18(33)24(39-10)38-8-12-21(17(32)19(34)23(41-12)36-5-6-43(2,3)4)42-25-20(35)22(37-9-13(27)28)15(30)11(7-26)40-25/h10-12,14-26,29-35H,5-9H2,1-4H3,(H,27,28)/t10-,11+,12+,14+,15-,16+,17+,18-,19+,20+,21+,22-,23+,24+,25-/m0/s1. The molecule has 18 heteroatoms. The lowest BCUT2D eigenvalue weighted by atomic mass is 9.96. The summed E-state index contributed by atoms with van der Waals surface area (Å²) < 4.78 is 39.1. The minimum absolute atomic E-state index is 0.207. The molecule has 0 unspecified atom stereocenters. The molecule has 0 aromatic rings. The molecule has 3 aliphatic heterocycles. The fourth-order valence-electron chi connectivity index (χ4n) is 4.85. The smallest absolute Gasteiger partial charge is 0.329 e. The minimum atomic E-state index is -1.82. The second kappa shape index (κ2) is 15.6. The molecule has 9 N–H and O–H groups in total. The first-order chi connectivity index (χ1) is 20.0. The molecular formula is C25H46O17Si. The van der Waals surface area contributed by atoms with Gasteiger partial charge in [0.15, 0.2) is 18.9 Å². The normalized spacial score (nSPS) is 44.3. The maximum atomic E-state index is 11.1. The van der Waals surface area contributed by atoms with Gasteiger partial charge in [-0.1, -0.05) is 19.6 Å². The molecule has 3 rings (SSSR count). The van der Waals surface area contributed by atoms with Gasteiger partial charge in [-0.15, -0.1) is 0 Å². The Bertz CT molecular complexity index is 877. The summed E-state index contributed by atoms with van der Waals surface area (Å²) >= 11 is 0. The van der Waals surface area contributed by atoms with Crippen molar-refractivity contribution in [1.82, 2.24) is 0 Å². The maximum Gasteiger partial charge on any atom is 0.329 e. The zero-order valence-electron chi connectivity index (χ0n) is 24.5. The highest BCUT2D eigenvalue weighted by Crippen LogP contribution is 2.32. The van der Waals surface area contributed by atoms with Gasteiger partial charge in [-0.25, -0.2) is 4.79 Å². The summed E-state index contributed by atoms with van der Waals surface area (Å²) in [6.07, 6.45) is -22.7. The first-order valence-electron chi connectivity index (χ1n) is 14.1. The van der Waals surface area contributed by atoms with E-state index in [9.17, 15) is 45.6 Å². The summed E-state index contributed by atoms with van der Waals surface area (Å²) in [5.41, 5.74) is 0. The topological polar surface area (TPSA) is 264 Å². The van der Waals surface area contributed by atoms with Gasteiger partial charge < -0.3 is 79.1 Å². The predicted molar refractivity (Wildman–Crippen MR) is 143 cm³/mol. The Kier molecular flexibility index (Phi) is 13.2. The zero-order valence-corrected chi connectivity index (χ0v) is 25.5. The third-order valence-electron chi connectivity index (χ3n) is 7.52. The number of hydrogen-bond donors (Lipinski definition) is 9. The van der Waals surface area contributed by atoms with E-state index in [1.807, 2.05) is 0 Å². The molecule has 0 aliphatic carbocycles. The molecule has 15 atom stereocenters. The van der Waals surface area contributed by atoms with E-state index in [4.69, 9.17) is 38.3 Å². The number of ether oxygens (including phenoxy) is 7. The van der Waals surface area contributed by atoms with Gasteiger partial charge in [0.05, 0.1) is 19.3 Å². The van der Waals surface area contributed by atoms with Crippen molar-refractivity contribution in [2.45, 2.75) is 125 Å². The lowest BCUT2D eigenvalue weighted by Gasteiger charge is -2.47. The van der Waals surface area contributed by atoms with Gasteiger partial charge in [-0.3, -0.25) is 0 Å². The Morgan fingerprint density at radius 3 is 1.91 bits per heavy atom. The van der Waals surface area contributed by atoms with Crippen molar-refractivity contribution >= 4 is 14.0 Å². The number of aliphatic carboxylic acids is 1. The molecule has 3 saturated heterocycles. The molecule has 0 spiro atoms. The molecule has 43 heavy (non-hydrogen) atoms. The second-order valence-corrected chi connectivity index (χ2v) is 17.8. The monoisotopic (exact) mass is 646 g/mol. The van der Waals surface area contributed by atoms with Crippen molar-refractivity contribution < 1.29 is 83.9 Å². The van der Waals surface area contributed by atoms with E-state index < -0.39 is 126 Å². The Hall–Kier alpha value is -0.913. The third kappa shape index (κ3) is 9.32. The van der Waals surface area contributed by atoms with Crippen molar-refractivity contribution in [2.75, 3.05) is 26.4 Å². The number of rotatable bonds is 13. The Morgan fingerprint density at radius 1 is 0.698 bits per heavy atom. The van der Waals surface area contributed by atoms with Crippen LogP contribution < -0.4 is 0 Å². The van der Waals surface area contributed by atoms with Gasteiger partial charge in [-0.2, -0.15) is 0 Å². The zero-order chi connectivity index (χ0) is 32.2. The van der Waals surface area contributed by atoms with Crippen LogP contribution in [0.15, 0.2) is 0 Å². The maximum absolute atomic E-state index is 11.1. The number of carboxylic acid groups (broad SMARTS) is 1. The van der Waals surface area contributed by atoms with Gasteiger partial charge in [-0.05, 0) is 13.0 Å². The largest absolute Gasteiger partial charge is 0.480 e. The SMILES string of the molecule is C[C@@H]1O[C@@H](OC[C@H]2O[C@@H](OCC[Si](C)(C)C)[C@H](O)[C@@H](O)[C@@H]2O[C@@H]2O[C@H](CO)[C@H](O)[C@H](OCC(=O)O)[C@H]2O)[C@@H](O)[C@H](O)[C@@H]1O. The Labute approximate surface area is 249 Å². The van der Waals surface area contributed by atoms with Crippen LogP contribution in [0.2, 0.25) is 25.7 Å². The Balaban J connectivity index is 1.80. The van der Waals surface area contributed by atoms with Crippen LogP contribution in [-0.2, 0) is 38.0 Å². The van der Waals surface area contributed by atoms with E-state index >= 15 is 0 Å². The van der Waals surface area contributed by atoms with Crippen LogP contribution in [0.25, 0.3) is 0 Å². The highest BCUT2D eigenvalue weighted by atomic mass is 28.3. The van der Waals surface area contributed by atoms with Crippen LogP contribution in [0.3, 0.4) is 0 Å². The van der Waals surface area contributed by atoms with Crippen molar-refractivity contribution in [2.24, 2.45) is 0 Å².